The summed E-state index contributed by atoms with van der Waals surface area (Å²) in [6.07, 6.45) is 4.97. The van der Waals surface area contributed by atoms with Crippen LogP contribution in [0.15, 0.2) is 24.3 Å². The van der Waals surface area contributed by atoms with Crippen LogP contribution in [0, 0.1) is 0 Å². The summed E-state index contributed by atoms with van der Waals surface area (Å²) in [6, 6.07) is 9.22. The van der Waals surface area contributed by atoms with Crippen LogP contribution in [0.3, 0.4) is 0 Å². The Balaban J connectivity index is 1.74. The van der Waals surface area contributed by atoms with Gasteiger partial charge in [-0.1, -0.05) is 36.2 Å². The molecule has 0 spiro atoms. The highest BCUT2D eigenvalue weighted by molar-refractivity contribution is 6.31. The molecular weight excluding hydrogens is 244 g/mol. The van der Waals surface area contributed by atoms with Crippen molar-refractivity contribution in [2.24, 2.45) is 0 Å². The minimum atomic E-state index is 0.466. The van der Waals surface area contributed by atoms with Crippen LogP contribution in [0.2, 0.25) is 5.02 Å². The maximum atomic E-state index is 6.18. The van der Waals surface area contributed by atoms with Crippen LogP contribution in [0.5, 0.6) is 0 Å². The molecule has 1 fully saturated rings. The molecule has 0 aromatic heterocycles. The highest BCUT2D eigenvalue weighted by Crippen LogP contribution is 2.16. The van der Waals surface area contributed by atoms with E-state index >= 15 is 0 Å². The zero-order valence-corrected chi connectivity index (χ0v) is 11.8. The molecular formula is C15H23ClN2. The highest BCUT2D eigenvalue weighted by Gasteiger charge is 2.13. The Bertz CT molecular complexity index is 361. The predicted octanol–water partition coefficient (Wildman–Crippen LogP) is 3.00. The van der Waals surface area contributed by atoms with Gasteiger partial charge < -0.3 is 10.6 Å². The third-order valence-electron chi connectivity index (χ3n) is 3.61. The Labute approximate surface area is 115 Å². The molecule has 1 saturated heterocycles. The molecule has 1 aliphatic rings. The fraction of sp³-hybridized carbons (Fsp3) is 0.600. The van der Waals surface area contributed by atoms with E-state index in [4.69, 9.17) is 11.6 Å². The monoisotopic (exact) mass is 266 g/mol. The van der Waals surface area contributed by atoms with Crippen molar-refractivity contribution in [1.29, 1.82) is 0 Å². The third kappa shape index (κ3) is 4.27. The second-order valence-electron chi connectivity index (χ2n) is 5.25. The summed E-state index contributed by atoms with van der Waals surface area (Å²) < 4.78 is 0. The summed E-state index contributed by atoms with van der Waals surface area (Å²) in [6.45, 7) is 4.46. The van der Waals surface area contributed by atoms with Gasteiger partial charge in [-0.25, -0.2) is 0 Å². The van der Waals surface area contributed by atoms with E-state index in [-0.39, 0.29) is 0 Å². The van der Waals surface area contributed by atoms with E-state index in [9.17, 15) is 0 Å². The molecule has 2 nitrogen and oxygen atoms in total. The van der Waals surface area contributed by atoms with E-state index in [0.717, 1.165) is 18.0 Å². The zero-order valence-electron chi connectivity index (χ0n) is 11.1. The van der Waals surface area contributed by atoms with Crippen molar-refractivity contribution in [2.45, 2.75) is 44.7 Å². The largest absolute Gasteiger partial charge is 0.313 e. The van der Waals surface area contributed by atoms with Crippen LogP contribution < -0.4 is 10.6 Å². The minimum Gasteiger partial charge on any atom is -0.313 e. The lowest BCUT2D eigenvalue weighted by Gasteiger charge is -2.25. The first-order valence-electron chi connectivity index (χ1n) is 6.96. The number of piperidine rings is 1. The molecule has 3 heteroatoms. The normalized spacial score (nSPS) is 21.8. The van der Waals surface area contributed by atoms with Gasteiger partial charge in [-0.15, -0.1) is 0 Å². The fourth-order valence-electron chi connectivity index (χ4n) is 2.51. The van der Waals surface area contributed by atoms with Crippen molar-refractivity contribution in [3.8, 4) is 0 Å². The molecule has 2 rings (SSSR count). The summed E-state index contributed by atoms with van der Waals surface area (Å²) in [4.78, 5) is 0. The molecule has 0 saturated carbocycles. The van der Waals surface area contributed by atoms with Gasteiger partial charge in [0.2, 0.25) is 0 Å². The smallest absolute Gasteiger partial charge is 0.0438 e. The molecule has 2 unspecified atom stereocenters. The molecule has 1 aromatic carbocycles. The van der Waals surface area contributed by atoms with Gasteiger partial charge in [-0.3, -0.25) is 0 Å². The molecule has 0 bridgehead atoms. The van der Waals surface area contributed by atoms with Crippen molar-refractivity contribution in [1.82, 2.24) is 10.6 Å². The Morgan fingerprint density at radius 2 is 2.22 bits per heavy atom. The van der Waals surface area contributed by atoms with Gasteiger partial charge in [0, 0.05) is 23.7 Å². The molecule has 100 valence electrons. The summed E-state index contributed by atoms with van der Waals surface area (Å²) >= 11 is 6.18. The third-order valence-corrected chi connectivity index (χ3v) is 3.98. The molecule has 2 N–H and O–H groups in total. The number of halogens is 1. The van der Waals surface area contributed by atoms with E-state index in [0.29, 0.717) is 12.1 Å². The van der Waals surface area contributed by atoms with Crippen molar-refractivity contribution < 1.29 is 0 Å². The van der Waals surface area contributed by atoms with Gasteiger partial charge in [-0.2, -0.15) is 0 Å². The van der Waals surface area contributed by atoms with E-state index in [1.807, 2.05) is 12.1 Å². The number of hydrogen-bond donors (Lipinski definition) is 2. The first kappa shape index (κ1) is 13.9. The van der Waals surface area contributed by atoms with E-state index in [1.165, 1.54) is 31.4 Å². The van der Waals surface area contributed by atoms with Crippen LogP contribution in [0.1, 0.15) is 31.7 Å². The maximum Gasteiger partial charge on any atom is 0.0438 e. The molecule has 1 aromatic rings. The molecule has 18 heavy (non-hydrogen) atoms. The van der Waals surface area contributed by atoms with Gasteiger partial charge >= 0.3 is 0 Å². The molecule has 0 amide bonds. The zero-order chi connectivity index (χ0) is 12.8. The van der Waals surface area contributed by atoms with Crippen LogP contribution in [0.4, 0.5) is 0 Å². The lowest BCUT2D eigenvalue weighted by Crippen LogP contribution is -2.44. The van der Waals surface area contributed by atoms with Gasteiger partial charge in [0.25, 0.3) is 0 Å². The average Bonchev–Trinajstić information content (AvgIpc) is 2.40. The van der Waals surface area contributed by atoms with Crippen molar-refractivity contribution in [2.75, 3.05) is 13.1 Å². The summed E-state index contributed by atoms with van der Waals surface area (Å²) in [7, 11) is 0. The standard InChI is InChI=1S/C15H23ClN2/c1-12(10-13-6-2-3-8-15(13)16)18-11-14-7-4-5-9-17-14/h2-3,6,8,12,14,17-18H,4-5,7,9-11H2,1H3. The number of hydrogen-bond acceptors (Lipinski definition) is 2. The molecule has 0 aliphatic carbocycles. The Morgan fingerprint density at radius 1 is 1.39 bits per heavy atom. The van der Waals surface area contributed by atoms with Gasteiger partial charge in [0.1, 0.15) is 0 Å². The topological polar surface area (TPSA) is 24.1 Å². The fourth-order valence-corrected chi connectivity index (χ4v) is 2.72. The van der Waals surface area contributed by atoms with Crippen molar-refractivity contribution in [3.63, 3.8) is 0 Å². The van der Waals surface area contributed by atoms with Crippen LogP contribution in [-0.2, 0) is 6.42 Å². The average molecular weight is 267 g/mol. The Hall–Kier alpha value is -0.570. The van der Waals surface area contributed by atoms with Crippen LogP contribution in [0.25, 0.3) is 0 Å². The Morgan fingerprint density at radius 3 is 2.94 bits per heavy atom. The van der Waals surface area contributed by atoms with Crippen molar-refractivity contribution >= 4 is 11.6 Å². The lowest BCUT2D eigenvalue weighted by atomic mass is 10.0. The van der Waals surface area contributed by atoms with E-state index in [2.05, 4.69) is 29.7 Å². The summed E-state index contributed by atoms with van der Waals surface area (Å²) in [5.74, 6) is 0. The van der Waals surface area contributed by atoms with Gasteiger partial charge in [0.15, 0.2) is 0 Å². The van der Waals surface area contributed by atoms with Crippen LogP contribution >= 0.6 is 11.6 Å². The predicted molar refractivity (Wildman–Crippen MR) is 78.3 cm³/mol. The number of benzene rings is 1. The Kier molecular flexibility index (Phi) is 5.48. The number of nitrogens with one attached hydrogen (secondary N) is 2. The van der Waals surface area contributed by atoms with Crippen molar-refractivity contribution in [3.05, 3.63) is 34.9 Å². The molecule has 2 atom stereocenters. The van der Waals surface area contributed by atoms with Gasteiger partial charge in [0.05, 0.1) is 0 Å². The lowest BCUT2D eigenvalue weighted by molar-refractivity contribution is 0.369. The molecule has 0 radical (unpaired) electrons. The SMILES string of the molecule is CC(Cc1ccccc1Cl)NCC1CCCCN1. The summed E-state index contributed by atoms with van der Waals surface area (Å²) in [5, 5.41) is 8.04. The summed E-state index contributed by atoms with van der Waals surface area (Å²) in [5.41, 5.74) is 1.23. The van der Waals surface area contributed by atoms with E-state index < -0.39 is 0 Å². The highest BCUT2D eigenvalue weighted by atomic mass is 35.5. The second kappa shape index (κ2) is 7.13. The quantitative estimate of drug-likeness (QED) is 0.856. The molecule has 1 aliphatic heterocycles. The maximum absolute atomic E-state index is 6.18. The molecule has 1 heterocycles. The van der Waals surface area contributed by atoms with Gasteiger partial charge in [-0.05, 0) is 44.4 Å². The number of rotatable bonds is 5. The van der Waals surface area contributed by atoms with Crippen LogP contribution in [-0.4, -0.2) is 25.2 Å². The first-order valence-corrected chi connectivity index (χ1v) is 7.33. The van der Waals surface area contributed by atoms with E-state index in [1.54, 1.807) is 0 Å². The second-order valence-corrected chi connectivity index (χ2v) is 5.66. The minimum absolute atomic E-state index is 0.466. The first-order chi connectivity index (χ1) is 8.75.